The summed E-state index contributed by atoms with van der Waals surface area (Å²) in [6.45, 7) is 8.41. The number of anilines is 1. The maximum Gasteiger partial charge on any atom is 0.234 e. The van der Waals surface area contributed by atoms with Crippen molar-refractivity contribution >= 4 is 23.4 Å². The highest BCUT2D eigenvalue weighted by atomic mass is 16.2. The minimum atomic E-state index is -0.117. The molecular formula is C19H28N4O3. The summed E-state index contributed by atoms with van der Waals surface area (Å²) in [7, 11) is 0. The lowest BCUT2D eigenvalue weighted by molar-refractivity contribution is -0.132. The number of benzene rings is 1. The predicted octanol–water partition coefficient (Wildman–Crippen LogP) is 0.856. The van der Waals surface area contributed by atoms with E-state index in [2.05, 4.69) is 15.5 Å². The first kappa shape index (κ1) is 19.9. The van der Waals surface area contributed by atoms with E-state index in [0.717, 1.165) is 11.3 Å². The van der Waals surface area contributed by atoms with Crippen LogP contribution in [0.2, 0.25) is 0 Å². The lowest BCUT2D eigenvalue weighted by Crippen LogP contribution is -2.51. The van der Waals surface area contributed by atoms with Gasteiger partial charge in [0.15, 0.2) is 0 Å². The van der Waals surface area contributed by atoms with Crippen molar-refractivity contribution < 1.29 is 14.4 Å². The van der Waals surface area contributed by atoms with Gasteiger partial charge in [-0.25, -0.2) is 0 Å². The molecule has 1 saturated heterocycles. The number of hydrogen-bond acceptors (Lipinski definition) is 4. The summed E-state index contributed by atoms with van der Waals surface area (Å²) in [5, 5.41) is 5.59. The Morgan fingerprint density at radius 2 is 1.65 bits per heavy atom. The zero-order valence-corrected chi connectivity index (χ0v) is 15.7. The van der Waals surface area contributed by atoms with Crippen LogP contribution in [0, 0.1) is 0 Å². The second-order valence-corrected chi connectivity index (χ2v) is 6.93. The van der Waals surface area contributed by atoms with E-state index in [1.54, 1.807) is 12.1 Å². The molecule has 2 rings (SSSR count). The fraction of sp³-hybridized carbons (Fsp3) is 0.526. The molecule has 0 spiro atoms. The van der Waals surface area contributed by atoms with E-state index in [4.69, 9.17) is 0 Å². The van der Waals surface area contributed by atoms with Crippen LogP contribution in [0.25, 0.3) is 0 Å². The first-order valence-electron chi connectivity index (χ1n) is 8.99. The molecule has 1 aromatic rings. The number of piperazine rings is 1. The van der Waals surface area contributed by atoms with Gasteiger partial charge in [-0.2, -0.15) is 0 Å². The maximum atomic E-state index is 12.5. The van der Waals surface area contributed by atoms with Crippen LogP contribution in [0.15, 0.2) is 24.3 Å². The molecular weight excluding hydrogens is 332 g/mol. The van der Waals surface area contributed by atoms with E-state index in [1.807, 2.05) is 30.9 Å². The molecule has 7 heteroatoms. The summed E-state index contributed by atoms with van der Waals surface area (Å²) in [5.41, 5.74) is 1.64. The first-order valence-corrected chi connectivity index (χ1v) is 8.99. The number of carbonyl (C=O) groups is 3. The predicted molar refractivity (Wildman–Crippen MR) is 101 cm³/mol. The van der Waals surface area contributed by atoms with Crippen LogP contribution in [0.1, 0.15) is 26.3 Å². The molecule has 1 heterocycles. The third-order valence-corrected chi connectivity index (χ3v) is 4.17. The van der Waals surface area contributed by atoms with Gasteiger partial charge in [0.2, 0.25) is 17.7 Å². The molecule has 1 aliphatic rings. The van der Waals surface area contributed by atoms with Gasteiger partial charge in [-0.15, -0.1) is 0 Å². The van der Waals surface area contributed by atoms with Crippen molar-refractivity contribution in [2.45, 2.75) is 33.2 Å². The Labute approximate surface area is 154 Å². The Balaban J connectivity index is 1.77. The average Bonchev–Trinajstić information content (AvgIpc) is 2.56. The summed E-state index contributed by atoms with van der Waals surface area (Å²) < 4.78 is 0. The van der Waals surface area contributed by atoms with Gasteiger partial charge in [0, 0.05) is 44.8 Å². The molecule has 0 atom stereocenters. The van der Waals surface area contributed by atoms with Gasteiger partial charge in [-0.3, -0.25) is 19.3 Å². The highest BCUT2D eigenvalue weighted by Crippen LogP contribution is 2.12. The van der Waals surface area contributed by atoms with Crippen molar-refractivity contribution in [1.29, 1.82) is 0 Å². The van der Waals surface area contributed by atoms with Crippen molar-refractivity contribution in [3.05, 3.63) is 29.8 Å². The molecule has 0 saturated carbocycles. The van der Waals surface area contributed by atoms with Crippen LogP contribution in [-0.2, 0) is 20.8 Å². The maximum absolute atomic E-state index is 12.5. The Hall–Kier alpha value is -2.41. The zero-order chi connectivity index (χ0) is 19.1. The molecule has 1 aromatic carbocycles. The first-order chi connectivity index (χ1) is 12.3. The number of amides is 3. The van der Waals surface area contributed by atoms with Crippen LogP contribution in [-0.4, -0.2) is 66.3 Å². The molecule has 142 valence electrons. The molecule has 0 aromatic heterocycles. The van der Waals surface area contributed by atoms with Gasteiger partial charge in [0.1, 0.15) is 0 Å². The minimum Gasteiger partial charge on any atom is -0.353 e. The molecule has 0 unspecified atom stereocenters. The van der Waals surface area contributed by atoms with Gasteiger partial charge in [-0.05, 0) is 31.5 Å². The molecule has 0 aliphatic carbocycles. The summed E-state index contributed by atoms with van der Waals surface area (Å²) in [4.78, 5) is 39.2. The molecule has 0 bridgehead atoms. The summed E-state index contributed by atoms with van der Waals surface area (Å²) in [6, 6.07) is 7.46. The lowest BCUT2D eigenvalue weighted by Gasteiger charge is -2.34. The monoisotopic (exact) mass is 360 g/mol. The topological polar surface area (TPSA) is 81.8 Å². The summed E-state index contributed by atoms with van der Waals surface area (Å²) in [5.74, 6) is -0.00336. The Kier molecular flexibility index (Phi) is 7.15. The van der Waals surface area contributed by atoms with Crippen molar-refractivity contribution in [3.63, 3.8) is 0 Å². The molecule has 2 N–H and O–H groups in total. The number of nitrogens with zero attached hydrogens (tertiary/aromatic N) is 2. The SMILES string of the molecule is CC(=O)Nc1ccc(CC(=O)N2CCN(CC(=O)NC(C)C)CC2)cc1. The number of carbonyl (C=O) groups excluding carboxylic acids is 3. The Morgan fingerprint density at radius 1 is 1.04 bits per heavy atom. The van der Waals surface area contributed by atoms with E-state index in [1.165, 1.54) is 6.92 Å². The molecule has 26 heavy (non-hydrogen) atoms. The van der Waals surface area contributed by atoms with Gasteiger partial charge < -0.3 is 15.5 Å². The van der Waals surface area contributed by atoms with Gasteiger partial charge in [-0.1, -0.05) is 12.1 Å². The van der Waals surface area contributed by atoms with E-state index in [9.17, 15) is 14.4 Å². The molecule has 7 nitrogen and oxygen atoms in total. The standard InChI is InChI=1S/C19H28N4O3/c1-14(2)20-18(25)13-22-8-10-23(11-9-22)19(26)12-16-4-6-17(7-5-16)21-15(3)24/h4-7,14H,8-13H2,1-3H3,(H,20,25)(H,21,24). The van der Waals surface area contributed by atoms with Crippen LogP contribution in [0.3, 0.4) is 0 Å². The lowest BCUT2D eigenvalue weighted by atomic mass is 10.1. The molecule has 1 aliphatic heterocycles. The number of nitrogens with one attached hydrogen (secondary N) is 2. The number of rotatable bonds is 6. The average molecular weight is 360 g/mol. The van der Waals surface area contributed by atoms with Crippen molar-refractivity contribution in [2.24, 2.45) is 0 Å². The Bertz CT molecular complexity index is 635. The van der Waals surface area contributed by atoms with E-state index in [0.29, 0.717) is 39.1 Å². The normalized spacial score (nSPS) is 15.0. The third kappa shape index (κ3) is 6.48. The minimum absolute atomic E-state index is 0.0269. The molecule has 1 fully saturated rings. The number of hydrogen-bond donors (Lipinski definition) is 2. The largest absolute Gasteiger partial charge is 0.353 e. The third-order valence-electron chi connectivity index (χ3n) is 4.17. The van der Waals surface area contributed by atoms with Gasteiger partial charge in [0.05, 0.1) is 13.0 Å². The Morgan fingerprint density at radius 3 is 2.19 bits per heavy atom. The van der Waals surface area contributed by atoms with Crippen LogP contribution in [0.5, 0.6) is 0 Å². The van der Waals surface area contributed by atoms with Crippen molar-refractivity contribution in [2.75, 3.05) is 38.0 Å². The van der Waals surface area contributed by atoms with Gasteiger partial charge >= 0.3 is 0 Å². The zero-order valence-electron chi connectivity index (χ0n) is 15.7. The second-order valence-electron chi connectivity index (χ2n) is 6.93. The molecule has 3 amide bonds. The molecule has 0 radical (unpaired) electrons. The van der Waals surface area contributed by atoms with Crippen molar-refractivity contribution in [1.82, 2.24) is 15.1 Å². The van der Waals surface area contributed by atoms with E-state index >= 15 is 0 Å². The fourth-order valence-corrected chi connectivity index (χ4v) is 2.92. The van der Waals surface area contributed by atoms with Gasteiger partial charge in [0.25, 0.3) is 0 Å². The van der Waals surface area contributed by atoms with Crippen LogP contribution >= 0.6 is 0 Å². The second kappa shape index (κ2) is 9.33. The van der Waals surface area contributed by atoms with Crippen LogP contribution in [0.4, 0.5) is 5.69 Å². The fourth-order valence-electron chi connectivity index (χ4n) is 2.92. The highest BCUT2D eigenvalue weighted by Gasteiger charge is 2.22. The van der Waals surface area contributed by atoms with E-state index in [-0.39, 0.29) is 23.8 Å². The quantitative estimate of drug-likeness (QED) is 0.788. The highest BCUT2D eigenvalue weighted by molar-refractivity contribution is 5.88. The summed E-state index contributed by atoms with van der Waals surface area (Å²) in [6.07, 6.45) is 0.341. The van der Waals surface area contributed by atoms with Crippen molar-refractivity contribution in [3.8, 4) is 0 Å². The van der Waals surface area contributed by atoms with E-state index < -0.39 is 0 Å². The summed E-state index contributed by atoms with van der Waals surface area (Å²) >= 11 is 0. The smallest absolute Gasteiger partial charge is 0.234 e. The van der Waals surface area contributed by atoms with Crippen LogP contribution < -0.4 is 10.6 Å².